The zero-order valence-corrected chi connectivity index (χ0v) is 20.6. The number of nitrogens with one attached hydrogen (secondary N) is 2. The SMILES string of the molecule is CCOc1ccc(S(=O)(=O)Nc2ccccc2C(=O)OCC(=O)Nc2ccc(C(C)C)cc2)cc1. The number of ether oxygens (including phenoxy) is 2. The maximum atomic E-state index is 12.8. The van der Waals surface area contributed by atoms with Crippen LogP contribution < -0.4 is 14.8 Å². The number of rotatable bonds is 10. The lowest BCUT2D eigenvalue weighted by atomic mass is 10.0. The molecule has 0 heterocycles. The molecule has 2 N–H and O–H groups in total. The lowest BCUT2D eigenvalue weighted by Crippen LogP contribution is -2.22. The molecule has 0 atom stereocenters. The van der Waals surface area contributed by atoms with E-state index in [4.69, 9.17) is 9.47 Å². The van der Waals surface area contributed by atoms with Gasteiger partial charge in [-0.15, -0.1) is 0 Å². The van der Waals surface area contributed by atoms with Crippen molar-refractivity contribution in [2.75, 3.05) is 23.3 Å². The number of carbonyl (C=O) groups excluding carboxylic acids is 2. The van der Waals surface area contributed by atoms with Gasteiger partial charge in [-0.2, -0.15) is 0 Å². The molecule has 0 radical (unpaired) electrons. The van der Waals surface area contributed by atoms with E-state index in [1.165, 1.54) is 24.3 Å². The van der Waals surface area contributed by atoms with Crippen molar-refractivity contribution in [3.05, 3.63) is 83.9 Å². The predicted octanol–water partition coefficient (Wildman–Crippen LogP) is 4.81. The summed E-state index contributed by atoms with van der Waals surface area (Å²) in [5, 5.41) is 2.66. The molecule has 0 saturated heterocycles. The number of sulfonamides is 1. The molecule has 184 valence electrons. The van der Waals surface area contributed by atoms with E-state index < -0.39 is 28.5 Å². The highest BCUT2D eigenvalue weighted by Crippen LogP contribution is 2.23. The van der Waals surface area contributed by atoms with Crippen LogP contribution in [0.15, 0.2) is 77.7 Å². The average molecular weight is 497 g/mol. The number of hydrogen-bond donors (Lipinski definition) is 2. The number of esters is 1. The number of amides is 1. The van der Waals surface area contributed by atoms with E-state index in [2.05, 4.69) is 23.9 Å². The van der Waals surface area contributed by atoms with Crippen molar-refractivity contribution in [2.24, 2.45) is 0 Å². The van der Waals surface area contributed by atoms with E-state index in [1.807, 2.05) is 19.1 Å². The molecule has 0 saturated carbocycles. The first-order valence-electron chi connectivity index (χ1n) is 11.1. The topological polar surface area (TPSA) is 111 Å². The lowest BCUT2D eigenvalue weighted by molar-refractivity contribution is -0.119. The van der Waals surface area contributed by atoms with Gasteiger partial charge in [-0.05, 0) is 66.9 Å². The second-order valence-electron chi connectivity index (χ2n) is 7.96. The molecule has 1 amide bonds. The van der Waals surface area contributed by atoms with Crippen molar-refractivity contribution in [3.8, 4) is 5.75 Å². The van der Waals surface area contributed by atoms with Gasteiger partial charge in [0, 0.05) is 5.69 Å². The van der Waals surface area contributed by atoms with Gasteiger partial charge in [0.2, 0.25) is 0 Å². The van der Waals surface area contributed by atoms with Gasteiger partial charge in [0.1, 0.15) is 5.75 Å². The minimum absolute atomic E-state index is 0.00647. The van der Waals surface area contributed by atoms with E-state index in [9.17, 15) is 18.0 Å². The third-order valence-corrected chi connectivity index (χ3v) is 6.41. The lowest BCUT2D eigenvalue weighted by Gasteiger charge is -2.13. The van der Waals surface area contributed by atoms with Gasteiger partial charge in [-0.1, -0.05) is 38.1 Å². The summed E-state index contributed by atoms with van der Waals surface area (Å²) >= 11 is 0. The van der Waals surface area contributed by atoms with Crippen LogP contribution in [0.1, 0.15) is 42.6 Å². The van der Waals surface area contributed by atoms with Gasteiger partial charge < -0.3 is 14.8 Å². The molecule has 0 bridgehead atoms. The van der Waals surface area contributed by atoms with E-state index in [0.29, 0.717) is 24.0 Å². The quantitative estimate of drug-likeness (QED) is 0.390. The summed E-state index contributed by atoms with van der Waals surface area (Å²) in [5.41, 5.74) is 1.74. The Balaban J connectivity index is 1.64. The van der Waals surface area contributed by atoms with Crippen LogP contribution in [0, 0.1) is 0 Å². The standard InChI is InChI=1S/C26H28N2O6S/c1-4-33-21-13-15-22(16-14-21)35(31,32)28-24-8-6-5-7-23(24)26(30)34-17-25(29)27-20-11-9-19(10-12-20)18(2)3/h5-16,18,28H,4,17H2,1-3H3,(H,27,29). The van der Waals surface area contributed by atoms with Crippen LogP contribution >= 0.6 is 0 Å². The van der Waals surface area contributed by atoms with Gasteiger partial charge in [0.05, 0.1) is 22.8 Å². The number of carbonyl (C=O) groups is 2. The smallest absolute Gasteiger partial charge is 0.340 e. The highest BCUT2D eigenvalue weighted by atomic mass is 32.2. The second kappa shape index (κ2) is 11.5. The van der Waals surface area contributed by atoms with Crippen molar-refractivity contribution in [1.29, 1.82) is 0 Å². The summed E-state index contributed by atoms with van der Waals surface area (Å²) in [4.78, 5) is 24.9. The number of anilines is 2. The monoisotopic (exact) mass is 496 g/mol. The predicted molar refractivity (Wildman–Crippen MR) is 134 cm³/mol. The second-order valence-corrected chi connectivity index (χ2v) is 9.64. The van der Waals surface area contributed by atoms with Gasteiger partial charge in [-0.3, -0.25) is 9.52 Å². The third-order valence-electron chi connectivity index (χ3n) is 5.03. The summed E-state index contributed by atoms with van der Waals surface area (Å²) in [6.07, 6.45) is 0. The molecule has 3 aromatic carbocycles. The van der Waals surface area contributed by atoms with Gasteiger partial charge in [0.25, 0.3) is 15.9 Å². The van der Waals surface area contributed by atoms with Crippen LogP contribution in [0.3, 0.4) is 0 Å². The molecular weight excluding hydrogens is 468 g/mol. The normalized spacial score (nSPS) is 11.1. The van der Waals surface area contributed by atoms with E-state index in [-0.39, 0.29) is 16.1 Å². The first-order chi connectivity index (χ1) is 16.7. The Morgan fingerprint density at radius 1 is 0.914 bits per heavy atom. The molecular formula is C26H28N2O6S. The van der Waals surface area contributed by atoms with Crippen molar-refractivity contribution >= 4 is 33.3 Å². The van der Waals surface area contributed by atoms with Gasteiger partial charge in [-0.25, -0.2) is 13.2 Å². The molecule has 3 rings (SSSR count). The average Bonchev–Trinajstić information content (AvgIpc) is 2.83. The molecule has 0 aliphatic heterocycles. The highest BCUT2D eigenvalue weighted by Gasteiger charge is 2.20. The Morgan fingerprint density at radius 2 is 1.57 bits per heavy atom. The minimum Gasteiger partial charge on any atom is -0.494 e. The molecule has 0 unspecified atom stereocenters. The van der Waals surface area contributed by atoms with Crippen LogP contribution in [0.25, 0.3) is 0 Å². The molecule has 0 aliphatic rings. The van der Waals surface area contributed by atoms with Crippen molar-refractivity contribution < 1.29 is 27.5 Å². The van der Waals surface area contributed by atoms with Crippen LogP contribution in [-0.4, -0.2) is 33.5 Å². The first-order valence-corrected chi connectivity index (χ1v) is 12.6. The molecule has 3 aromatic rings. The Labute approximate surface area is 205 Å². The van der Waals surface area contributed by atoms with Crippen molar-refractivity contribution in [2.45, 2.75) is 31.6 Å². The number of hydrogen-bond acceptors (Lipinski definition) is 6. The summed E-state index contributed by atoms with van der Waals surface area (Å²) < 4.78 is 38.5. The third kappa shape index (κ3) is 7.07. The summed E-state index contributed by atoms with van der Waals surface area (Å²) in [6, 6.07) is 19.3. The molecule has 35 heavy (non-hydrogen) atoms. The highest BCUT2D eigenvalue weighted by molar-refractivity contribution is 7.92. The zero-order valence-electron chi connectivity index (χ0n) is 19.8. The first kappa shape index (κ1) is 25.8. The molecule has 0 aliphatic carbocycles. The van der Waals surface area contributed by atoms with E-state index in [1.54, 1.807) is 36.4 Å². The van der Waals surface area contributed by atoms with Crippen LogP contribution in [0.2, 0.25) is 0 Å². The fourth-order valence-corrected chi connectivity index (χ4v) is 4.27. The molecule has 8 nitrogen and oxygen atoms in total. The summed E-state index contributed by atoms with van der Waals surface area (Å²) in [5.74, 6) is -0.430. The Morgan fingerprint density at radius 3 is 2.20 bits per heavy atom. The van der Waals surface area contributed by atoms with Gasteiger partial charge >= 0.3 is 5.97 Å². The Kier molecular flexibility index (Phi) is 8.48. The molecule has 9 heteroatoms. The van der Waals surface area contributed by atoms with Crippen molar-refractivity contribution in [3.63, 3.8) is 0 Å². The Bertz CT molecular complexity index is 1270. The minimum atomic E-state index is -3.98. The summed E-state index contributed by atoms with van der Waals surface area (Å²) in [7, 11) is -3.98. The maximum Gasteiger partial charge on any atom is 0.340 e. The fourth-order valence-electron chi connectivity index (χ4n) is 3.19. The van der Waals surface area contributed by atoms with E-state index in [0.717, 1.165) is 5.56 Å². The van der Waals surface area contributed by atoms with Crippen LogP contribution in [0.4, 0.5) is 11.4 Å². The van der Waals surface area contributed by atoms with Crippen LogP contribution in [0.5, 0.6) is 5.75 Å². The molecule has 0 aromatic heterocycles. The number of para-hydroxylation sites is 1. The van der Waals surface area contributed by atoms with Gasteiger partial charge in [0.15, 0.2) is 6.61 Å². The van der Waals surface area contributed by atoms with Crippen LogP contribution in [-0.2, 0) is 19.6 Å². The maximum absolute atomic E-state index is 12.8. The molecule has 0 spiro atoms. The largest absolute Gasteiger partial charge is 0.494 e. The molecule has 0 fully saturated rings. The number of benzene rings is 3. The Hall–Kier alpha value is -3.85. The van der Waals surface area contributed by atoms with E-state index >= 15 is 0 Å². The fraction of sp³-hybridized carbons (Fsp3) is 0.231. The summed E-state index contributed by atoms with van der Waals surface area (Å²) in [6.45, 7) is 5.91. The zero-order chi connectivity index (χ0) is 25.4. The van der Waals surface area contributed by atoms with Crippen molar-refractivity contribution in [1.82, 2.24) is 0 Å².